The van der Waals surface area contributed by atoms with E-state index in [9.17, 15) is 9.59 Å². The number of rotatable bonds is 3. The third-order valence-corrected chi connectivity index (χ3v) is 3.34. The fraction of sp³-hybridized carbons (Fsp3) is 0.538. The first-order valence-electron chi connectivity index (χ1n) is 6.18. The Bertz CT molecular complexity index is 495. The van der Waals surface area contributed by atoms with Crippen LogP contribution in [0, 0.1) is 0 Å². The molecule has 1 aromatic rings. The van der Waals surface area contributed by atoms with Gasteiger partial charge in [-0.2, -0.15) is 0 Å². The number of fused-ring (bicyclic) bond motifs is 1. The van der Waals surface area contributed by atoms with Gasteiger partial charge in [-0.25, -0.2) is 0 Å². The summed E-state index contributed by atoms with van der Waals surface area (Å²) in [6.45, 7) is 1.78. The molecular formula is C13H18N2O3. The van der Waals surface area contributed by atoms with Gasteiger partial charge in [0.25, 0.3) is 0 Å². The summed E-state index contributed by atoms with van der Waals surface area (Å²) in [6.07, 6.45) is 2.84. The van der Waals surface area contributed by atoms with Crippen LogP contribution in [0.15, 0.2) is 16.9 Å². The summed E-state index contributed by atoms with van der Waals surface area (Å²) in [6, 6.07) is 3.12. The summed E-state index contributed by atoms with van der Waals surface area (Å²) in [5.41, 5.74) is 1.98. The van der Waals surface area contributed by atoms with E-state index in [0.717, 1.165) is 30.5 Å². The molecule has 0 aliphatic heterocycles. The number of hydrogen-bond donors (Lipinski definition) is 2. The van der Waals surface area contributed by atoms with Gasteiger partial charge in [0.05, 0.1) is 7.11 Å². The zero-order valence-corrected chi connectivity index (χ0v) is 10.7. The number of carbonyl (C=O) groups excluding carboxylic acids is 1. The summed E-state index contributed by atoms with van der Waals surface area (Å²) in [5, 5.41) is 3.25. The summed E-state index contributed by atoms with van der Waals surface area (Å²) in [5.74, 6) is -0.272. The molecule has 1 aromatic heterocycles. The van der Waals surface area contributed by atoms with Crippen molar-refractivity contribution in [1.82, 2.24) is 10.3 Å². The largest absolute Gasteiger partial charge is 0.468 e. The van der Waals surface area contributed by atoms with Gasteiger partial charge in [0, 0.05) is 17.8 Å². The molecule has 1 heterocycles. The van der Waals surface area contributed by atoms with Crippen molar-refractivity contribution in [1.29, 1.82) is 0 Å². The number of pyridine rings is 1. The molecule has 1 aliphatic rings. The van der Waals surface area contributed by atoms with Crippen molar-refractivity contribution < 1.29 is 9.53 Å². The van der Waals surface area contributed by atoms with E-state index >= 15 is 0 Å². The first kappa shape index (κ1) is 12.8. The van der Waals surface area contributed by atoms with Gasteiger partial charge >= 0.3 is 5.97 Å². The smallest absolute Gasteiger partial charge is 0.322 e. The van der Waals surface area contributed by atoms with Crippen LogP contribution in [0.1, 0.15) is 37.1 Å². The Balaban J connectivity index is 2.17. The normalized spacial score (nSPS) is 20.0. The number of esters is 1. The predicted molar refractivity (Wildman–Crippen MR) is 67.4 cm³/mol. The molecule has 0 saturated heterocycles. The zero-order valence-electron chi connectivity index (χ0n) is 10.7. The second-order valence-corrected chi connectivity index (χ2v) is 4.61. The molecule has 0 amide bonds. The highest BCUT2D eigenvalue weighted by atomic mass is 16.5. The van der Waals surface area contributed by atoms with Crippen LogP contribution < -0.4 is 10.9 Å². The van der Waals surface area contributed by atoms with E-state index in [2.05, 4.69) is 10.3 Å². The van der Waals surface area contributed by atoms with Crippen LogP contribution in [0.4, 0.5) is 0 Å². The minimum atomic E-state index is -0.349. The lowest BCUT2D eigenvalue weighted by Crippen LogP contribution is -2.39. The van der Waals surface area contributed by atoms with E-state index in [-0.39, 0.29) is 23.6 Å². The molecule has 2 unspecified atom stereocenters. The maximum absolute atomic E-state index is 11.4. The summed E-state index contributed by atoms with van der Waals surface area (Å²) in [4.78, 5) is 25.5. The number of H-pyrrole nitrogens is 1. The van der Waals surface area contributed by atoms with Crippen LogP contribution in [-0.2, 0) is 16.0 Å². The Labute approximate surface area is 106 Å². The molecule has 0 fully saturated rings. The molecule has 2 atom stereocenters. The van der Waals surface area contributed by atoms with Crippen LogP contribution in [-0.4, -0.2) is 24.1 Å². The highest BCUT2D eigenvalue weighted by Gasteiger charge is 2.24. The van der Waals surface area contributed by atoms with Crippen molar-refractivity contribution in [2.75, 3.05) is 7.11 Å². The monoisotopic (exact) mass is 250 g/mol. The molecule has 18 heavy (non-hydrogen) atoms. The fourth-order valence-corrected chi connectivity index (χ4v) is 2.42. The number of methoxy groups -OCH3 is 1. The minimum absolute atomic E-state index is 0.0737. The molecular weight excluding hydrogens is 232 g/mol. The molecule has 1 aliphatic carbocycles. The van der Waals surface area contributed by atoms with Crippen molar-refractivity contribution in [2.24, 2.45) is 0 Å². The van der Waals surface area contributed by atoms with Gasteiger partial charge in [-0.1, -0.05) is 6.07 Å². The minimum Gasteiger partial charge on any atom is -0.468 e. The van der Waals surface area contributed by atoms with E-state index < -0.39 is 0 Å². The number of carbonyl (C=O) groups is 1. The van der Waals surface area contributed by atoms with Gasteiger partial charge in [-0.3, -0.25) is 14.9 Å². The van der Waals surface area contributed by atoms with Crippen LogP contribution in [0.3, 0.4) is 0 Å². The Morgan fingerprint density at radius 2 is 2.33 bits per heavy atom. The first-order valence-corrected chi connectivity index (χ1v) is 6.18. The molecule has 5 nitrogen and oxygen atoms in total. The Morgan fingerprint density at radius 1 is 1.56 bits per heavy atom. The van der Waals surface area contributed by atoms with E-state index in [1.165, 1.54) is 13.2 Å². The maximum atomic E-state index is 11.4. The molecule has 0 aromatic carbocycles. The average molecular weight is 250 g/mol. The number of ether oxygens (including phenoxy) is 1. The molecule has 2 rings (SSSR count). The van der Waals surface area contributed by atoms with Crippen LogP contribution in [0.5, 0.6) is 0 Å². The van der Waals surface area contributed by atoms with E-state index in [4.69, 9.17) is 4.74 Å². The van der Waals surface area contributed by atoms with Gasteiger partial charge in [0.2, 0.25) is 5.56 Å². The van der Waals surface area contributed by atoms with Crippen molar-refractivity contribution in [3.05, 3.63) is 33.7 Å². The quantitative estimate of drug-likeness (QED) is 0.782. The van der Waals surface area contributed by atoms with Gasteiger partial charge < -0.3 is 9.72 Å². The zero-order chi connectivity index (χ0) is 13.1. The molecule has 98 valence electrons. The topological polar surface area (TPSA) is 71.2 Å². The number of aryl methyl sites for hydroxylation is 1. The average Bonchev–Trinajstić information content (AvgIpc) is 2.37. The van der Waals surface area contributed by atoms with Gasteiger partial charge in [-0.05, 0) is 31.7 Å². The number of hydrogen-bond acceptors (Lipinski definition) is 4. The second kappa shape index (κ2) is 5.35. The highest BCUT2D eigenvalue weighted by Crippen LogP contribution is 2.27. The standard InChI is InChI=1S/C13H18N2O3/c1-8(13(17)18-2)14-10-4-3-5-11-9(10)6-7-12(16)15-11/h6-8,10,14H,3-5H2,1-2H3,(H,15,16). The lowest BCUT2D eigenvalue weighted by molar-refractivity contribution is -0.142. The molecule has 0 spiro atoms. The SMILES string of the molecule is COC(=O)C(C)NC1CCCc2[nH]c(=O)ccc21. The molecule has 0 saturated carbocycles. The van der Waals surface area contributed by atoms with Crippen molar-refractivity contribution in [3.8, 4) is 0 Å². The third-order valence-electron chi connectivity index (χ3n) is 3.34. The van der Waals surface area contributed by atoms with Gasteiger partial charge in [0.15, 0.2) is 0 Å². The molecule has 0 radical (unpaired) electrons. The summed E-state index contributed by atoms with van der Waals surface area (Å²) in [7, 11) is 1.38. The Kier molecular flexibility index (Phi) is 3.81. The van der Waals surface area contributed by atoms with Crippen LogP contribution in [0.25, 0.3) is 0 Å². The lowest BCUT2D eigenvalue weighted by atomic mass is 9.91. The van der Waals surface area contributed by atoms with Crippen molar-refractivity contribution >= 4 is 5.97 Å². The number of aromatic nitrogens is 1. The Hall–Kier alpha value is -1.62. The van der Waals surface area contributed by atoms with E-state index in [0.29, 0.717) is 0 Å². The molecule has 5 heteroatoms. The molecule has 0 bridgehead atoms. The lowest BCUT2D eigenvalue weighted by Gasteiger charge is -2.27. The fourth-order valence-electron chi connectivity index (χ4n) is 2.42. The third kappa shape index (κ3) is 2.61. The summed E-state index contributed by atoms with van der Waals surface area (Å²) < 4.78 is 4.70. The van der Waals surface area contributed by atoms with Crippen LogP contribution >= 0.6 is 0 Å². The predicted octanol–water partition coefficient (Wildman–Crippen LogP) is 0.903. The van der Waals surface area contributed by atoms with Gasteiger partial charge in [-0.15, -0.1) is 0 Å². The first-order chi connectivity index (χ1) is 8.61. The van der Waals surface area contributed by atoms with E-state index in [1.807, 2.05) is 6.07 Å². The van der Waals surface area contributed by atoms with Crippen LogP contribution in [0.2, 0.25) is 0 Å². The Morgan fingerprint density at radius 3 is 3.06 bits per heavy atom. The molecule has 2 N–H and O–H groups in total. The number of aromatic amines is 1. The highest BCUT2D eigenvalue weighted by molar-refractivity contribution is 5.75. The maximum Gasteiger partial charge on any atom is 0.322 e. The summed E-state index contributed by atoms with van der Waals surface area (Å²) >= 11 is 0. The van der Waals surface area contributed by atoms with Gasteiger partial charge in [0.1, 0.15) is 6.04 Å². The van der Waals surface area contributed by atoms with E-state index in [1.54, 1.807) is 6.92 Å². The second-order valence-electron chi connectivity index (χ2n) is 4.61. The van der Waals surface area contributed by atoms with Crippen molar-refractivity contribution in [2.45, 2.75) is 38.3 Å². The number of nitrogens with one attached hydrogen (secondary N) is 2. The van der Waals surface area contributed by atoms with Crippen molar-refractivity contribution in [3.63, 3.8) is 0 Å².